The number of carbonyl (C=O) groups is 2. The number of carbonyl (C=O) groups excluding carboxylic acids is 2. The van der Waals surface area contributed by atoms with E-state index in [0.29, 0.717) is 18.9 Å². The van der Waals surface area contributed by atoms with Gasteiger partial charge >= 0.3 is 6.03 Å². The normalized spacial score (nSPS) is 24.1. The molecule has 29 heavy (non-hydrogen) atoms. The zero-order valence-electron chi connectivity index (χ0n) is 15.2. The Morgan fingerprint density at radius 3 is 2.72 bits per heavy atom. The highest BCUT2D eigenvalue weighted by atomic mass is 32.2. The predicted octanol–water partition coefficient (Wildman–Crippen LogP) is 0.154. The summed E-state index contributed by atoms with van der Waals surface area (Å²) in [5, 5.41) is 13.5. The molecule has 2 aliphatic heterocycles. The summed E-state index contributed by atoms with van der Waals surface area (Å²) >= 11 is 0. The number of fused-ring (bicyclic) bond motifs is 1. The molecule has 1 aromatic rings. The van der Waals surface area contributed by atoms with Gasteiger partial charge in [-0.1, -0.05) is 0 Å². The van der Waals surface area contributed by atoms with Crippen molar-refractivity contribution in [1.82, 2.24) is 20.5 Å². The van der Waals surface area contributed by atoms with Crippen LogP contribution in [-0.2, 0) is 14.8 Å². The minimum atomic E-state index is -4.77. The van der Waals surface area contributed by atoms with Crippen LogP contribution in [-0.4, -0.2) is 49.3 Å². The number of hydrazine groups is 1. The molecule has 3 atom stereocenters. The van der Waals surface area contributed by atoms with Crippen LogP contribution in [0.5, 0.6) is 0 Å². The summed E-state index contributed by atoms with van der Waals surface area (Å²) in [6.45, 7) is 0.758. The van der Waals surface area contributed by atoms with Crippen molar-refractivity contribution in [2.75, 3.05) is 11.9 Å². The van der Waals surface area contributed by atoms with Gasteiger partial charge in [0.15, 0.2) is 11.6 Å². The summed E-state index contributed by atoms with van der Waals surface area (Å²) in [7, 11) is -4.77. The highest BCUT2D eigenvalue weighted by molar-refractivity contribution is 7.90. The number of nitriles is 1. The van der Waals surface area contributed by atoms with Gasteiger partial charge in [0.1, 0.15) is 17.5 Å². The number of amides is 3. The van der Waals surface area contributed by atoms with Gasteiger partial charge in [-0.3, -0.25) is 10.2 Å². The Bertz CT molecular complexity index is 988. The number of urea groups is 1. The van der Waals surface area contributed by atoms with E-state index in [1.807, 2.05) is 0 Å². The Labute approximate surface area is 165 Å². The Hall–Kier alpha value is -2.82. The van der Waals surface area contributed by atoms with Crippen molar-refractivity contribution < 1.29 is 26.8 Å². The number of sulfonamides is 1. The van der Waals surface area contributed by atoms with Crippen molar-refractivity contribution in [1.29, 1.82) is 5.26 Å². The Balaban J connectivity index is 1.71. The number of halogens is 2. The lowest BCUT2D eigenvalue weighted by molar-refractivity contribution is -0.121. The van der Waals surface area contributed by atoms with Crippen molar-refractivity contribution in [3.63, 3.8) is 0 Å². The fourth-order valence-electron chi connectivity index (χ4n) is 3.14. The molecule has 0 radical (unpaired) electrons. The lowest BCUT2D eigenvalue weighted by Crippen LogP contribution is -2.59. The molecule has 10 nitrogen and oxygen atoms in total. The molecule has 3 amide bonds. The zero-order chi connectivity index (χ0) is 21.3. The molecule has 2 heterocycles. The van der Waals surface area contributed by atoms with Gasteiger partial charge in [-0.25, -0.2) is 31.7 Å². The molecule has 1 fully saturated rings. The lowest BCUT2D eigenvalue weighted by Gasteiger charge is -2.33. The molecule has 156 valence electrons. The second-order valence-corrected chi connectivity index (χ2v) is 8.49. The molecule has 0 bridgehead atoms. The predicted molar refractivity (Wildman–Crippen MR) is 95.6 cm³/mol. The fourth-order valence-corrected chi connectivity index (χ4v) is 4.63. The lowest BCUT2D eigenvalue weighted by atomic mass is 10.00. The largest absolute Gasteiger partial charge is 0.350 e. The standard InChI is InChI=1S/C16H18F2N6O4S/c1-8(11-4-2-9(6-19)22-23-11)20-13(25)7-24-16(26)21-12-5-3-10(17)14(18)15(12)29(24,27)28/h3,5,8-9,11,22-23H,2,4,7H2,1H3,(H,20,25)(H,21,26)/t8-,9?,11?/m1/s1. The summed E-state index contributed by atoms with van der Waals surface area (Å²) in [6.07, 6.45) is 1.13. The Morgan fingerprint density at radius 1 is 1.38 bits per heavy atom. The van der Waals surface area contributed by atoms with E-state index < -0.39 is 56.8 Å². The number of rotatable bonds is 4. The summed E-state index contributed by atoms with van der Waals surface area (Å²) in [5.41, 5.74) is 5.28. The molecule has 4 N–H and O–H groups in total. The van der Waals surface area contributed by atoms with Crippen LogP contribution in [0.4, 0.5) is 19.3 Å². The van der Waals surface area contributed by atoms with E-state index in [9.17, 15) is 26.8 Å². The third-order valence-electron chi connectivity index (χ3n) is 4.71. The van der Waals surface area contributed by atoms with E-state index in [-0.39, 0.29) is 16.4 Å². The first kappa shape index (κ1) is 20.9. The van der Waals surface area contributed by atoms with Gasteiger partial charge in [0.2, 0.25) is 5.91 Å². The van der Waals surface area contributed by atoms with Crippen LogP contribution >= 0.6 is 0 Å². The second kappa shape index (κ2) is 7.90. The van der Waals surface area contributed by atoms with Gasteiger partial charge < -0.3 is 10.6 Å². The number of benzene rings is 1. The molecule has 0 saturated carbocycles. The molecule has 2 unspecified atom stereocenters. The van der Waals surface area contributed by atoms with Gasteiger partial charge in [-0.2, -0.15) is 5.26 Å². The molecular formula is C16H18F2N6O4S. The topological polar surface area (TPSA) is 143 Å². The maximum absolute atomic E-state index is 14.1. The third-order valence-corrected chi connectivity index (χ3v) is 6.50. The molecule has 1 aromatic carbocycles. The monoisotopic (exact) mass is 428 g/mol. The quantitative estimate of drug-likeness (QED) is 0.535. The van der Waals surface area contributed by atoms with Crippen LogP contribution in [0.3, 0.4) is 0 Å². The van der Waals surface area contributed by atoms with E-state index in [2.05, 4.69) is 27.6 Å². The maximum atomic E-state index is 14.1. The van der Waals surface area contributed by atoms with E-state index in [1.54, 1.807) is 6.92 Å². The molecule has 0 aliphatic carbocycles. The Morgan fingerprint density at radius 2 is 2.10 bits per heavy atom. The smallest absolute Gasteiger partial charge is 0.336 e. The first-order valence-corrected chi connectivity index (χ1v) is 10.1. The van der Waals surface area contributed by atoms with E-state index in [0.717, 1.165) is 6.07 Å². The maximum Gasteiger partial charge on any atom is 0.336 e. The van der Waals surface area contributed by atoms with E-state index in [4.69, 9.17) is 5.26 Å². The number of anilines is 1. The number of nitrogens with zero attached hydrogens (tertiary/aromatic N) is 2. The van der Waals surface area contributed by atoms with Gasteiger partial charge in [0.05, 0.1) is 11.8 Å². The summed E-state index contributed by atoms with van der Waals surface area (Å²) in [4.78, 5) is 23.4. The van der Waals surface area contributed by atoms with Crippen LogP contribution in [0.15, 0.2) is 17.0 Å². The molecule has 13 heteroatoms. The van der Waals surface area contributed by atoms with Crippen LogP contribution in [0.2, 0.25) is 0 Å². The van der Waals surface area contributed by atoms with Gasteiger partial charge in [-0.05, 0) is 31.9 Å². The first-order valence-electron chi connectivity index (χ1n) is 8.67. The number of hydrogen-bond acceptors (Lipinski definition) is 7. The number of nitrogens with one attached hydrogen (secondary N) is 4. The summed E-state index contributed by atoms with van der Waals surface area (Å²) in [5.74, 6) is -3.83. The van der Waals surface area contributed by atoms with E-state index >= 15 is 0 Å². The molecule has 2 aliphatic rings. The average Bonchev–Trinajstić information content (AvgIpc) is 2.67. The highest BCUT2D eigenvalue weighted by Gasteiger charge is 2.41. The van der Waals surface area contributed by atoms with Gasteiger partial charge in [0.25, 0.3) is 10.0 Å². The number of hydrogen-bond donors (Lipinski definition) is 4. The van der Waals surface area contributed by atoms with Crippen molar-refractivity contribution in [2.45, 2.75) is 42.8 Å². The molecule has 3 rings (SSSR count). The van der Waals surface area contributed by atoms with Crippen molar-refractivity contribution >= 4 is 27.6 Å². The highest BCUT2D eigenvalue weighted by Crippen LogP contribution is 2.33. The van der Waals surface area contributed by atoms with Crippen LogP contribution in [0, 0.1) is 23.0 Å². The SMILES string of the molecule is C[C@@H](NC(=O)CN1C(=O)Nc2ccc(F)c(F)c2S1(=O)=O)C1CCC(C#N)NN1. The minimum absolute atomic E-state index is 0.151. The van der Waals surface area contributed by atoms with Crippen molar-refractivity contribution in [3.8, 4) is 6.07 Å². The van der Waals surface area contributed by atoms with Crippen molar-refractivity contribution in [3.05, 3.63) is 23.8 Å². The molecule has 0 aromatic heterocycles. The van der Waals surface area contributed by atoms with Crippen LogP contribution < -0.4 is 21.5 Å². The molecule has 1 saturated heterocycles. The third kappa shape index (κ3) is 4.00. The second-order valence-electron chi connectivity index (χ2n) is 6.69. The summed E-state index contributed by atoms with van der Waals surface area (Å²) in [6, 6.07) is 1.47. The zero-order valence-corrected chi connectivity index (χ0v) is 16.0. The first-order chi connectivity index (χ1) is 13.6. The van der Waals surface area contributed by atoms with Gasteiger partial charge in [-0.15, -0.1) is 0 Å². The minimum Gasteiger partial charge on any atom is -0.350 e. The summed E-state index contributed by atoms with van der Waals surface area (Å²) < 4.78 is 52.9. The van der Waals surface area contributed by atoms with E-state index in [1.165, 1.54) is 0 Å². The Kier molecular flexibility index (Phi) is 5.69. The fraction of sp³-hybridized carbons (Fsp3) is 0.438. The molecule has 0 spiro atoms. The van der Waals surface area contributed by atoms with Gasteiger partial charge in [0, 0.05) is 12.1 Å². The molecular weight excluding hydrogens is 410 g/mol. The van der Waals surface area contributed by atoms with Crippen LogP contribution in [0.1, 0.15) is 19.8 Å². The average molecular weight is 428 g/mol. The van der Waals surface area contributed by atoms with Crippen molar-refractivity contribution in [2.24, 2.45) is 0 Å². The van der Waals surface area contributed by atoms with Crippen LogP contribution in [0.25, 0.3) is 0 Å².